The Balaban J connectivity index is 1.77. The average Bonchev–Trinajstić information content (AvgIpc) is 2.61. The molecule has 0 radical (unpaired) electrons. The molecule has 2 aliphatic heterocycles. The number of likely N-dealkylation sites (tertiary alicyclic amines) is 1. The molecule has 0 N–H and O–H groups in total. The Hall–Kier alpha value is -2.33. The van der Waals surface area contributed by atoms with Crippen molar-refractivity contribution >= 4 is 5.78 Å². The number of rotatable bonds is 5. The minimum Gasteiger partial charge on any atom is -0.489 e. The molecule has 1 spiro atoms. The Labute approximate surface area is 149 Å². The molecule has 0 aliphatic carbocycles. The summed E-state index contributed by atoms with van der Waals surface area (Å²) >= 11 is 0. The highest BCUT2D eigenvalue weighted by molar-refractivity contribution is 6.00. The summed E-state index contributed by atoms with van der Waals surface area (Å²) in [6, 6.07) is 5.46. The molecule has 0 amide bonds. The summed E-state index contributed by atoms with van der Waals surface area (Å²) in [7, 11) is 2.10. The first-order valence-electron chi connectivity index (χ1n) is 8.67. The van der Waals surface area contributed by atoms with Gasteiger partial charge in [-0.3, -0.25) is 4.79 Å². The zero-order valence-corrected chi connectivity index (χ0v) is 14.8. The van der Waals surface area contributed by atoms with Gasteiger partial charge in [0.25, 0.3) is 0 Å². The van der Waals surface area contributed by atoms with E-state index in [2.05, 4.69) is 25.1 Å². The fourth-order valence-corrected chi connectivity index (χ4v) is 3.36. The maximum absolute atomic E-state index is 12.6. The summed E-state index contributed by atoms with van der Waals surface area (Å²) in [6.07, 6.45) is 7.53. The number of ketones is 1. The maximum atomic E-state index is 12.6. The average molecular weight is 339 g/mol. The molecule has 1 aromatic rings. The second kappa shape index (κ2) is 7.28. The van der Waals surface area contributed by atoms with Gasteiger partial charge in [0.15, 0.2) is 5.78 Å². The summed E-state index contributed by atoms with van der Waals surface area (Å²) in [5.41, 5.74) is 1.24. The van der Waals surface area contributed by atoms with E-state index in [0.29, 0.717) is 30.1 Å². The monoisotopic (exact) mass is 339 g/mol. The third-order valence-electron chi connectivity index (χ3n) is 4.96. The number of hydrogen-bond acceptors (Lipinski definition) is 4. The first-order chi connectivity index (χ1) is 12.0. The van der Waals surface area contributed by atoms with Gasteiger partial charge >= 0.3 is 0 Å². The van der Waals surface area contributed by atoms with E-state index < -0.39 is 0 Å². The van der Waals surface area contributed by atoms with E-state index in [1.807, 2.05) is 18.2 Å². The van der Waals surface area contributed by atoms with Crippen LogP contribution < -0.4 is 9.47 Å². The molecule has 25 heavy (non-hydrogen) atoms. The largest absolute Gasteiger partial charge is 0.489 e. The van der Waals surface area contributed by atoms with Gasteiger partial charge in [0.1, 0.15) is 23.7 Å². The van der Waals surface area contributed by atoms with E-state index in [1.54, 1.807) is 18.2 Å². The van der Waals surface area contributed by atoms with E-state index in [9.17, 15) is 4.79 Å². The summed E-state index contributed by atoms with van der Waals surface area (Å²) in [5, 5.41) is 0. The SMILES string of the molecule is C=C/C=C(\C=C)COc1ccc2c(c1)OC1(CCN(C)CC1)CC2=O. The van der Waals surface area contributed by atoms with Gasteiger partial charge in [-0.15, -0.1) is 0 Å². The van der Waals surface area contributed by atoms with Gasteiger partial charge in [0, 0.05) is 32.0 Å². The van der Waals surface area contributed by atoms with Crippen molar-refractivity contribution in [2.24, 2.45) is 0 Å². The molecule has 4 nitrogen and oxygen atoms in total. The van der Waals surface area contributed by atoms with Crippen molar-refractivity contribution in [3.05, 3.63) is 60.7 Å². The fraction of sp³-hybridized carbons (Fsp3) is 0.381. The van der Waals surface area contributed by atoms with Gasteiger partial charge in [-0.25, -0.2) is 0 Å². The maximum Gasteiger partial charge on any atom is 0.170 e. The second-order valence-corrected chi connectivity index (χ2v) is 6.82. The van der Waals surface area contributed by atoms with Crippen molar-refractivity contribution in [1.29, 1.82) is 0 Å². The Morgan fingerprint density at radius 3 is 2.80 bits per heavy atom. The third-order valence-corrected chi connectivity index (χ3v) is 4.96. The lowest BCUT2D eigenvalue weighted by Gasteiger charge is -2.43. The number of fused-ring (bicyclic) bond motifs is 1. The van der Waals surface area contributed by atoms with Crippen LogP contribution in [0.15, 0.2) is 55.2 Å². The van der Waals surface area contributed by atoms with Gasteiger partial charge in [-0.05, 0) is 24.8 Å². The highest BCUT2D eigenvalue weighted by atomic mass is 16.5. The Bertz CT molecular complexity index is 712. The van der Waals surface area contributed by atoms with Gasteiger partial charge in [0.2, 0.25) is 0 Å². The van der Waals surface area contributed by atoms with E-state index in [4.69, 9.17) is 9.47 Å². The van der Waals surface area contributed by atoms with Crippen molar-refractivity contribution in [2.75, 3.05) is 26.7 Å². The number of allylic oxidation sites excluding steroid dienone is 2. The van der Waals surface area contributed by atoms with Gasteiger partial charge in [-0.2, -0.15) is 0 Å². The van der Waals surface area contributed by atoms with Crippen molar-refractivity contribution in [3.63, 3.8) is 0 Å². The second-order valence-electron chi connectivity index (χ2n) is 6.82. The molecule has 0 bridgehead atoms. The Morgan fingerprint density at radius 1 is 1.36 bits per heavy atom. The summed E-state index contributed by atoms with van der Waals surface area (Å²) < 4.78 is 12.1. The molecule has 132 valence electrons. The zero-order chi connectivity index (χ0) is 17.9. The topological polar surface area (TPSA) is 38.8 Å². The normalized spacial score (nSPS) is 19.9. The molecule has 0 aromatic heterocycles. The molecule has 1 aromatic carbocycles. The van der Waals surface area contributed by atoms with E-state index in [-0.39, 0.29) is 11.4 Å². The van der Waals surface area contributed by atoms with Crippen molar-refractivity contribution in [1.82, 2.24) is 4.90 Å². The lowest BCUT2D eigenvalue weighted by molar-refractivity contribution is -0.00381. The van der Waals surface area contributed by atoms with Crippen LogP contribution in [-0.2, 0) is 0 Å². The molecule has 2 heterocycles. The molecule has 0 atom stereocenters. The van der Waals surface area contributed by atoms with Crippen LogP contribution in [-0.4, -0.2) is 43.0 Å². The van der Waals surface area contributed by atoms with Crippen LogP contribution in [0.25, 0.3) is 0 Å². The quantitative estimate of drug-likeness (QED) is 0.765. The first-order valence-corrected chi connectivity index (χ1v) is 8.67. The third kappa shape index (κ3) is 3.85. The molecule has 1 fully saturated rings. The lowest BCUT2D eigenvalue weighted by Crippen LogP contribution is -2.50. The number of carbonyl (C=O) groups excluding carboxylic acids is 1. The molecule has 3 rings (SSSR count). The van der Waals surface area contributed by atoms with Crippen molar-refractivity contribution in [3.8, 4) is 11.5 Å². The fourth-order valence-electron chi connectivity index (χ4n) is 3.36. The number of piperidine rings is 1. The predicted molar refractivity (Wildman–Crippen MR) is 99.5 cm³/mol. The standard InChI is InChI=1S/C21H25NO3/c1-4-6-16(5-2)15-24-17-7-8-18-19(23)14-21(25-20(18)13-17)9-11-22(3)12-10-21/h4-8,13H,1-2,9-12,14-15H2,3H3/b16-6+. The lowest BCUT2D eigenvalue weighted by atomic mass is 9.82. The van der Waals surface area contributed by atoms with Crippen LogP contribution in [0.2, 0.25) is 0 Å². The molecular formula is C21H25NO3. The van der Waals surface area contributed by atoms with E-state index in [1.165, 1.54) is 0 Å². The van der Waals surface area contributed by atoms with Gasteiger partial charge in [-0.1, -0.05) is 31.4 Å². The van der Waals surface area contributed by atoms with E-state index >= 15 is 0 Å². The van der Waals surface area contributed by atoms with Crippen LogP contribution >= 0.6 is 0 Å². The molecule has 1 saturated heterocycles. The summed E-state index contributed by atoms with van der Waals surface area (Å²) in [5.74, 6) is 1.50. The van der Waals surface area contributed by atoms with Crippen molar-refractivity contribution in [2.45, 2.75) is 24.9 Å². The van der Waals surface area contributed by atoms with Crippen LogP contribution in [0.3, 0.4) is 0 Å². The van der Waals surface area contributed by atoms with Gasteiger partial charge in [0.05, 0.1) is 12.0 Å². The van der Waals surface area contributed by atoms with Crippen molar-refractivity contribution < 1.29 is 14.3 Å². The molecule has 0 saturated carbocycles. The van der Waals surface area contributed by atoms with Crippen LogP contribution in [0.5, 0.6) is 11.5 Å². The minimum atomic E-state index is -0.357. The number of hydrogen-bond donors (Lipinski definition) is 0. The van der Waals surface area contributed by atoms with Gasteiger partial charge < -0.3 is 14.4 Å². The molecule has 2 aliphatic rings. The molecule has 0 unspecified atom stereocenters. The smallest absolute Gasteiger partial charge is 0.170 e. The number of carbonyl (C=O) groups is 1. The van der Waals surface area contributed by atoms with Crippen LogP contribution in [0.4, 0.5) is 0 Å². The number of ether oxygens (including phenoxy) is 2. The predicted octanol–water partition coefficient (Wildman–Crippen LogP) is 3.79. The Kier molecular flexibility index (Phi) is 5.09. The zero-order valence-electron chi connectivity index (χ0n) is 14.8. The number of Topliss-reactive ketones (excluding diaryl/α,β-unsaturated/α-hetero) is 1. The Morgan fingerprint density at radius 2 is 2.12 bits per heavy atom. The first kappa shape index (κ1) is 17.5. The van der Waals surface area contributed by atoms with Crippen LogP contribution in [0.1, 0.15) is 29.6 Å². The highest BCUT2D eigenvalue weighted by Crippen LogP contribution is 2.40. The number of nitrogens with zero attached hydrogens (tertiary/aromatic N) is 1. The van der Waals surface area contributed by atoms with Crippen LogP contribution in [0, 0.1) is 0 Å². The molecule has 4 heteroatoms. The number of benzene rings is 1. The van der Waals surface area contributed by atoms with E-state index in [0.717, 1.165) is 31.5 Å². The minimum absolute atomic E-state index is 0.163. The highest BCUT2D eigenvalue weighted by Gasteiger charge is 2.42. The summed E-state index contributed by atoms with van der Waals surface area (Å²) in [6.45, 7) is 9.75. The summed E-state index contributed by atoms with van der Waals surface area (Å²) in [4.78, 5) is 14.9. The molecular weight excluding hydrogens is 314 g/mol.